The molecular formula is C7H15NS. The summed E-state index contributed by atoms with van der Waals surface area (Å²) in [6.45, 7) is 8.15. The first-order valence-electron chi connectivity index (χ1n) is 3.59. The maximum absolute atomic E-state index is 4.32. The summed E-state index contributed by atoms with van der Waals surface area (Å²) in [6.07, 6.45) is 0. The van der Waals surface area contributed by atoms with Crippen molar-refractivity contribution in [2.75, 3.05) is 19.6 Å². The van der Waals surface area contributed by atoms with Gasteiger partial charge in [0.1, 0.15) is 0 Å². The van der Waals surface area contributed by atoms with E-state index in [1.54, 1.807) is 0 Å². The molecule has 2 heteroatoms. The number of likely N-dealkylation sites (tertiary alicyclic amines) is 1. The molecule has 0 aromatic rings. The third-order valence-corrected chi connectivity index (χ3v) is 1.89. The van der Waals surface area contributed by atoms with Gasteiger partial charge in [0.15, 0.2) is 0 Å². The molecule has 0 amide bonds. The molecule has 0 atom stereocenters. The van der Waals surface area contributed by atoms with Gasteiger partial charge in [-0.2, -0.15) is 12.6 Å². The molecule has 1 aliphatic heterocycles. The lowest BCUT2D eigenvalue weighted by Crippen LogP contribution is -2.49. The predicted octanol–water partition coefficient (Wildman–Crippen LogP) is 1.26. The summed E-state index contributed by atoms with van der Waals surface area (Å²) in [4.78, 5) is 2.45. The second-order valence-electron chi connectivity index (χ2n) is 3.27. The van der Waals surface area contributed by atoms with E-state index in [4.69, 9.17) is 0 Å². The highest BCUT2D eigenvalue weighted by Crippen LogP contribution is 2.14. The quantitative estimate of drug-likeness (QED) is 0.572. The van der Waals surface area contributed by atoms with E-state index in [2.05, 4.69) is 31.4 Å². The van der Waals surface area contributed by atoms with Crippen molar-refractivity contribution in [3.63, 3.8) is 0 Å². The zero-order valence-corrected chi connectivity index (χ0v) is 7.06. The lowest BCUT2D eigenvalue weighted by Gasteiger charge is -2.37. The first-order valence-corrected chi connectivity index (χ1v) is 4.10. The molecule has 0 aromatic heterocycles. The van der Waals surface area contributed by atoms with E-state index < -0.39 is 0 Å². The molecular weight excluding hydrogens is 130 g/mol. The number of hydrogen-bond donors (Lipinski definition) is 1. The zero-order chi connectivity index (χ0) is 6.85. The fourth-order valence-corrected chi connectivity index (χ4v) is 1.67. The molecule has 1 saturated heterocycles. The fourth-order valence-electron chi connectivity index (χ4n) is 1.21. The van der Waals surface area contributed by atoms with Gasteiger partial charge in [0, 0.05) is 24.9 Å². The zero-order valence-electron chi connectivity index (χ0n) is 6.17. The smallest absolute Gasteiger partial charge is 0.0272 e. The number of thiol groups is 1. The maximum atomic E-state index is 4.32. The number of hydrogen-bond acceptors (Lipinski definition) is 2. The summed E-state index contributed by atoms with van der Waals surface area (Å²) in [5.41, 5.74) is 0. The van der Waals surface area contributed by atoms with Crippen LogP contribution in [0.4, 0.5) is 0 Å². The van der Waals surface area contributed by atoms with Gasteiger partial charge in [-0.1, -0.05) is 13.8 Å². The van der Waals surface area contributed by atoms with Crippen molar-refractivity contribution in [2.45, 2.75) is 19.1 Å². The molecule has 0 saturated carbocycles. The highest BCUT2D eigenvalue weighted by Gasteiger charge is 2.22. The van der Waals surface area contributed by atoms with Gasteiger partial charge < -0.3 is 4.90 Å². The molecule has 0 radical (unpaired) electrons. The van der Waals surface area contributed by atoms with Crippen molar-refractivity contribution >= 4 is 12.6 Å². The minimum absolute atomic E-state index is 0.656. The topological polar surface area (TPSA) is 3.24 Å². The third kappa shape index (κ3) is 2.18. The average molecular weight is 145 g/mol. The van der Waals surface area contributed by atoms with Gasteiger partial charge in [-0.05, 0) is 5.92 Å². The SMILES string of the molecule is CC(C)CN1CC(S)C1. The van der Waals surface area contributed by atoms with Crippen molar-refractivity contribution < 1.29 is 0 Å². The molecule has 1 aliphatic rings. The van der Waals surface area contributed by atoms with Gasteiger partial charge in [0.05, 0.1) is 0 Å². The largest absolute Gasteiger partial charge is 0.301 e. The molecule has 9 heavy (non-hydrogen) atoms. The van der Waals surface area contributed by atoms with Gasteiger partial charge in [0.25, 0.3) is 0 Å². The molecule has 1 fully saturated rings. The van der Waals surface area contributed by atoms with Crippen molar-refractivity contribution in [1.29, 1.82) is 0 Å². The van der Waals surface area contributed by atoms with Crippen LogP contribution in [0, 0.1) is 5.92 Å². The molecule has 0 N–H and O–H groups in total. The van der Waals surface area contributed by atoms with Crippen LogP contribution in [0.1, 0.15) is 13.8 Å². The molecule has 0 unspecified atom stereocenters. The predicted molar refractivity (Wildman–Crippen MR) is 44.1 cm³/mol. The second kappa shape index (κ2) is 2.93. The van der Waals surface area contributed by atoms with Crippen LogP contribution in [0.25, 0.3) is 0 Å². The number of nitrogens with zero attached hydrogens (tertiary/aromatic N) is 1. The molecule has 0 aliphatic carbocycles. The Hall–Kier alpha value is 0.310. The molecule has 0 aromatic carbocycles. The molecule has 1 rings (SSSR count). The molecule has 54 valence electrons. The van der Waals surface area contributed by atoms with Gasteiger partial charge >= 0.3 is 0 Å². The first kappa shape index (κ1) is 7.42. The van der Waals surface area contributed by atoms with Crippen LogP contribution in [0.5, 0.6) is 0 Å². The Morgan fingerprint density at radius 1 is 1.56 bits per heavy atom. The fraction of sp³-hybridized carbons (Fsp3) is 1.00. The van der Waals surface area contributed by atoms with Crippen molar-refractivity contribution in [3.05, 3.63) is 0 Å². The lowest BCUT2D eigenvalue weighted by atomic mass is 10.1. The van der Waals surface area contributed by atoms with Crippen molar-refractivity contribution in [3.8, 4) is 0 Å². The monoisotopic (exact) mass is 145 g/mol. The van der Waals surface area contributed by atoms with E-state index in [0.29, 0.717) is 5.25 Å². The summed E-state index contributed by atoms with van der Waals surface area (Å²) in [5.74, 6) is 0.811. The maximum Gasteiger partial charge on any atom is 0.0272 e. The van der Waals surface area contributed by atoms with Gasteiger partial charge in [-0.3, -0.25) is 0 Å². The third-order valence-electron chi connectivity index (χ3n) is 1.56. The highest BCUT2D eigenvalue weighted by atomic mass is 32.1. The van der Waals surface area contributed by atoms with Crippen LogP contribution in [0.3, 0.4) is 0 Å². The van der Waals surface area contributed by atoms with Crippen LogP contribution >= 0.6 is 12.6 Å². The minimum atomic E-state index is 0.656. The summed E-state index contributed by atoms with van der Waals surface area (Å²) in [7, 11) is 0. The van der Waals surface area contributed by atoms with E-state index in [1.807, 2.05) is 0 Å². The molecule has 0 bridgehead atoms. The first-order chi connectivity index (χ1) is 4.18. The number of rotatable bonds is 2. The standard InChI is InChI=1S/C7H15NS/c1-6(2)3-8-4-7(9)5-8/h6-7,9H,3-5H2,1-2H3. The second-order valence-corrected chi connectivity index (χ2v) is 4.00. The summed E-state index contributed by atoms with van der Waals surface area (Å²) < 4.78 is 0. The van der Waals surface area contributed by atoms with Crippen LogP contribution in [-0.4, -0.2) is 29.8 Å². The van der Waals surface area contributed by atoms with E-state index in [1.165, 1.54) is 19.6 Å². The van der Waals surface area contributed by atoms with Gasteiger partial charge in [-0.25, -0.2) is 0 Å². The van der Waals surface area contributed by atoms with Crippen LogP contribution in [0.2, 0.25) is 0 Å². The average Bonchev–Trinajstić information content (AvgIpc) is 1.60. The Bertz CT molecular complexity index is 86.9. The Morgan fingerprint density at radius 2 is 2.11 bits per heavy atom. The Labute approximate surface area is 62.8 Å². The summed E-state index contributed by atoms with van der Waals surface area (Å²) >= 11 is 4.32. The minimum Gasteiger partial charge on any atom is -0.301 e. The molecule has 1 heterocycles. The summed E-state index contributed by atoms with van der Waals surface area (Å²) in [6, 6.07) is 0. The van der Waals surface area contributed by atoms with Crippen molar-refractivity contribution in [2.24, 2.45) is 5.92 Å². The molecule has 0 spiro atoms. The van der Waals surface area contributed by atoms with E-state index in [9.17, 15) is 0 Å². The van der Waals surface area contributed by atoms with Crippen molar-refractivity contribution in [1.82, 2.24) is 4.90 Å². The van der Waals surface area contributed by atoms with Crippen LogP contribution in [-0.2, 0) is 0 Å². The van der Waals surface area contributed by atoms with E-state index in [0.717, 1.165) is 5.92 Å². The van der Waals surface area contributed by atoms with Crippen LogP contribution in [0.15, 0.2) is 0 Å². The normalized spacial score (nSPS) is 22.7. The highest BCUT2D eigenvalue weighted by molar-refractivity contribution is 7.81. The Balaban J connectivity index is 2.04. The van der Waals surface area contributed by atoms with Gasteiger partial charge in [-0.15, -0.1) is 0 Å². The van der Waals surface area contributed by atoms with Crippen LogP contribution < -0.4 is 0 Å². The van der Waals surface area contributed by atoms with Gasteiger partial charge in [0.2, 0.25) is 0 Å². The Kier molecular flexibility index (Phi) is 2.42. The van der Waals surface area contributed by atoms with E-state index >= 15 is 0 Å². The summed E-state index contributed by atoms with van der Waals surface area (Å²) in [5, 5.41) is 0.656. The Morgan fingerprint density at radius 3 is 2.44 bits per heavy atom. The molecule has 1 nitrogen and oxygen atoms in total. The van der Waals surface area contributed by atoms with E-state index in [-0.39, 0.29) is 0 Å². The lowest BCUT2D eigenvalue weighted by molar-refractivity contribution is 0.170.